The molecule has 0 amide bonds. The van der Waals surface area contributed by atoms with Crippen LogP contribution in [-0.4, -0.2) is 4.57 Å². The third-order valence-electron chi connectivity index (χ3n) is 2.61. The fourth-order valence-corrected chi connectivity index (χ4v) is 2.26. The predicted molar refractivity (Wildman–Crippen MR) is 74.0 cm³/mol. The van der Waals surface area contributed by atoms with Gasteiger partial charge in [0.15, 0.2) is 0 Å². The lowest BCUT2D eigenvalue weighted by Crippen LogP contribution is -2.21. The predicted octanol–water partition coefficient (Wildman–Crippen LogP) is 3.52. The second kappa shape index (κ2) is 5.36. The van der Waals surface area contributed by atoms with Gasteiger partial charge in [-0.2, -0.15) is 13.2 Å². The summed E-state index contributed by atoms with van der Waals surface area (Å²) in [6.07, 6.45) is -2.88. The number of pyridine rings is 1. The molecule has 2 aromatic rings. The van der Waals surface area contributed by atoms with Crippen molar-refractivity contribution in [3.8, 4) is 0 Å². The number of hydrogen-bond acceptors (Lipinski definition) is 1. The van der Waals surface area contributed by atoms with E-state index in [1.165, 1.54) is 35.0 Å². The summed E-state index contributed by atoms with van der Waals surface area (Å²) in [4.78, 5) is 11.6. The fraction of sp³-hybridized carbons (Fsp3) is 0.154. The van der Waals surface area contributed by atoms with Crippen LogP contribution in [0.3, 0.4) is 0 Å². The largest absolute Gasteiger partial charge is 0.416 e. The molecule has 6 heteroatoms. The molecule has 0 aliphatic heterocycles. The Morgan fingerprint density at radius 1 is 1.11 bits per heavy atom. The number of halogens is 4. The number of benzene rings is 1. The van der Waals surface area contributed by atoms with E-state index < -0.39 is 11.7 Å². The van der Waals surface area contributed by atoms with Crippen LogP contribution in [0.15, 0.2) is 47.4 Å². The molecule has 0 unspecified atom stereocenters. The third-order valence-corrected chi connectivity index (χ3v) is 3.25. The van der Waals surface area contributed by atoms with Gasteiger partial charge in [-0.15, -0.1) is 0 Å². The van der Waals surface area contributed by atoms with Crippen LogP contribution in [0.25, 0.3) is 0 Å². The van der Waals surface area contributed by atoms with Gasteiger partial charge in [-0.3, -0.25) is 4.79 Å². The van der Waals surface area contributed by atoms with E-state index >= 15 is 0 Å². The maximum atomic E-state index is 12.8. The smallest absolute Gasteiger partial charge is 0.310 e. The lowest BCUT2D eigenvalue weighted by molar-refractivity contribution is -0.138. The molecular weight excluding hydrogens is 370 g/mol. The number of alkyl halides is 3. The van der Waals surface area contributed by atoms with Crippen molar-refractivity contribution in [1.29, 1.82) is 0 Å². The first-order chi connectivity index (χ1) is 8.88. The van der Waals surface area contributed by atoms with Crippen LogP contribution >= 0.6 is 22.6 Å². The molecule has 0 aliphatic carbocycles. The van der Waals surface area contributed by atoms with E-state index in [9.17, 15) is 18.0 Å². The van der Waals surface area contributed by atoms with E-state index in [1.54, 1.807) is 6.07 Å². The van der Waals surface area contributed by atoms with Crippen LogP contribution in [0.5, 0.6) is 0 Å². The van der Waals surface area contributed by atoms with Crippen molar-refractivity contribution in [2.75, 3.05) is 0 Å². The fourth-order valence-electron chi connectivity index (χ4n) is 1.74. The third kappa shape index (κ3) is 3.37. The molecule has 0 spiro atoms. The monoisotopic (exact) mass is 379 g/mol. The standard InChI is InChI=1S/C13H9F3INO/c14-13(15,16)11-4-2-1-3-9(11)7-18-8-10(17)5-6-12(18)19/h1-6,8H,7H2. The van der Waals surface area contributed by atoms with Crippen LogP contribution in [0.4, 0.5) is 13.2 Å². The molecular formula is C13H9F3INO. The van der Waals surface area contributed by atoms with Crippen LogP contribution < -0.4 is 5.56 Å². The summed E-state index contributed by atoms with van der Waals surface area (Å²) in [5, 5.41) is 0. The Kier molecular flexibility index (Phi) is 3.98. The lowest BCUT2D eigenvalue weighted by Gasteiger charge is -2.13. The Balaban J connectivity index is 2.44. The maximum absolute atomic E-state index is 12.8. The van der Waals surface area contributed by atoms with Gasteiger partial charge in [-0.25, -0.2) is 0 Å². The SMILES string of the molecule is O=c1ccc(I)cn1Cc1ccccc1C(F)(F)F. The highest BCUT2D eigenvalue weighted by atomic mass is 127. The zero-order chi connectivity index (χ0) is 14.0. The molecule has 0 N–H and O–H groups in total. The molecule has 0 saturated heterocycles. The summed E-state index contributed by atoms with van der Waals surface area (Å²) in [6, 6.07) is 8.24. The first-order valence-electron chi connectivity index (χ1n) is 5.39. The minimum atomic E-state index is -4.41. The summed E-state index contributed by atoms with van der Waals surface area (Å²) in [5.74, 6) is 0. The molecule has 0 atom stereocenters. The number of nitrogens with zero attached hydrogens (tertiary/aromatic N) is 1. The van der Waals surface area contributed by atoms with Crippen molar-refractivity contribution in [3.05, 3.63) is 67.6 Å². The quantitative estimate of drug-likeness (QED) is 0.732. The van der Waals surface area contributed by atoms with E-state index in [-0.39, 0.29) is 17.7 Å². The second-order valence-electron chi connectivity index (χ2n) is 3.97. The highest BCUT2D eigenvalue weighted by molar-refractivity contribution is 14.1. The van der Waals surface area contributed by atoms with E-state index in [2.05, 4.69) is 0 Å². The van der Waals surface area contributed by atoms with E-state index in [1.807, 2.05) is 22.6 Å². The molecule has 19 heavy (non-hydrogen) atoms. The Morgan fingerprint density at radius 2 is 1.79 bits per heavy atom. The Labute approximate surface area is 121 Å². The van der Waals surface area contributed by atoms with E-state index in [4.69, 9.17) is 0 Å². The van der Waals surface area contributed by atoms with Gasteiger partial charge in [-0.05, 0) is 40.3 Å². The molecule has 2 nitrogen and oxygen atoms in total. The van der Waals surface area contributed by atoms with Crippen LogP contribution in [0.2, 0.25) is 0 Å². The highest BCUT2D eigenvalue weighted by Crippen LogP contribution is 2.32. The van der Waals surface area contributed by atoms with Gasteiger partial charge in [0.2, 0.25) is 0 Å². The summed E-state index contributed by atoms with van der Waals surface area (Å²) in [6.45, 7) is -0.0919. The second-order valence-corrected chi connectivity index (χ2v) is 5.21. The van der Waals surface area contributed by atoms with Gasteiger partial charge in [0, 0.05) is 15.8 Å². The van der Waals surface area contributed by atoms with E-state index in [0.717, 1.165) is 9.64 Å². The van der Waals surface area contributed by atoms with Gasteiger partial charge < -0.3 is 4.57 Å². The summed E-state index contributed by atoms with van der Waals surface area (Å²) < 4.78 is 40.6. The van der Waals surface area contributed by atoms with Gasteiger partial charge in [-0.1, -0.05) is 18.2 Å². The van der Waals surface area contributed by atoms with E-state index in [0.29, 0.717) is 0 Å². The van der Waals surface area contributed by atoms with Crippen molar-refractivity contribution in [2.45, 2.75) is 12.7 Å². The van der Waals surface area contributed by atoms with Crippen molar-refractivity contribution in [2.24, 2.45) is 0 Å². The Bertz CT molecular complexity index is 649. The van der Waals surface area contributed by atoms with Crippen molar-refractivity contribution in [1.82, 2.24) is 4.57 Å². The number of rotatable bonds is 2. The first kappa shape index (κ1) is 14.1. The summed E-state index contributed by atoms with van der Waals surface area (Å²) >= 11 is 2.01. The lowest BCUT2D eigenvalue weighted by atomic mass is 10.1. The van der Waals surface area contributed by atoms with Crippen LogP contribution in [-0.2, 0) is 12.7 Å². The maximum Gasteiger partial charge on any atom is 0.416 e. The minimum absolute atomic E-state index is 0.0825. The number of hydrogen-bond donors (Lipinski definition) is 0. The molecule has 0 fully saturated rings. The Hall–Kier alpha value is -1.31. The van der Waals surface area contributed by atoms with Crippen molar-refractivity contribution >= 4 is 22.6 Å². The van der Waals surface area contributed by atoms with Gasteiger partial charge >= 0.3 is 6.18 Å². The highest BCUT2D eigenvalue weighted by Gasteiger charge is 2.32. The molecule has 0 aliphatic rings. The van der Waals surface area contributed by atoms with Crippen LogP contribution in [0.1, 0.15) is 11.1 Å². The summed E-state index contributed by atoms with van der Waals surface area (Å²) in [7, 11) is 0. The van der Waals surface area contributed by atoms with Gasteiger partial charge in [0.1, 0.15) is 0 Å². The minimum Gasteiger partial charge on any atom is -0.310 e. The van der Waals surface area contributed by atoms with Crippen LogP contribution in [0, 0.1) is 3.57 Å². The normalized spacial score (nSPS) is 11.6. The zero-order valence-corrected chi connectivity index (χ0v) is 11.8. The van der Waals surface area contributed by atoms with Crippen molar-refractivity contribution < 1.29 is 13.2 Å². The van der Waals surface area contributed by atoms with Gasteiger partial charge in [0.25, 0.3) is 5.56 Å². The molecule has 1 aromatic carbocycles. The first-order valence-corrected chi connectivity index (χ1v) is 6.47. The molecule has 2 rings (SSSR count). The zero-order valence-electron chi connectivity index (χ0n) is 9.62. The molecule has 1 heterocycles. The molecule has 0 bridgehead atoms. The molecule has 100 valence electrons. The number of aromatic nitrogens is 1. The Morgan fingerprint density at radius 3 is 2.47 bits per heavy atom. The topological polar surface area (TPSA) is 22.0 Å². The summed E-state index contributed by atoms with van der Waals surface area (Å²) in [5.41, 5.74) is -0.947. The van der Waals surface area contributed by atoms with Gasteiger partial charge in [0.05, 0.1) is 12.1 Å². The van der Waals surface area contributed by atoms with Crippen molar-refractivity contribution in [3.63, 3.8) is 0 Å². The molecule has 1 aromatic heterocycles. The molecule has 0 radical (unpaired) electrons. The average Bonchev–Trinajstić information content (AvgIpc) is 2.33. The average molecular weight is 379 g/mol. The molecule has 0 saturated carbocycles.